The summed E-state index contributed by atoms with van der Waals surface area (Å²) in [4.78, 5) is 2.10. The fourth-order valence-electron chi connectivity index (χ4n) is 0.863. The van der Waals surface area contributed by atoms with Gasteiger partial charge in [-0.3, -0.25) is 0 Å². The van der Waals surface area contributed by atoms with Gasteiger partial charge in [-0.25, -0.2) is 0 Å². The standard InChI is InChI=1S/C8H16N2/c1-5-8(6-9-2)7-10(3)4/h1,8-9H,6-7H2,2-4H3. The predicted octanol–water partition coefficient (Wildman–Crippen LogP) is 0.0168. The summed E-state index contributed by atoms with van der Waals surface area (Å²) in [6, 6.07) is 0. The Morgan fingerprint density at radius 3 is 2.50 bits per heavy atom. The van der Waals surface area contributed by atoms with E-state index < -0.39 is 0 Å². The monoisotopic (exact) mass is 140 g/mol. The van der Waals surface area contributed by atoms with Crippen LogP contribution >= 0.6 is 0 Å². The number of nitrogens with one attached hydrogen (secondary N) is 1. The smallest absolute Gasteiger partial charge is 0.0451 e. The van der Waals surface area contributed by atoms with Crippen LogP contribution in [0, 0.1) is 18.3 Å². The Bertz CT molecular complexity index is 113. The maximum atomic E-state index is 5.29. The SMILES string of the molecule is C#CC(CNC)CN(C)C. The van der Waals surface area contributed by atoms with E-state index in [-0.39, 0.29) is 0 Å². The zero-order valence-corrected chi connectivity index (χ0v) is 7.02. The summed E-state index contributed by atoms with van der Waals surface area (Å²) in [6.45, 7) is 1.85. The van der Waals surface area contributed by atoms with Crippen LogP contribution in [0.15, 0.2) is 0 Å². The van der Waals surface area contributed by atoms with Crippen molar-refractivity contribution in [1.82, 2.24) is 10.2 Å². The van der Waals surface area contributed by atoms with Gasteiger partial charge < -0.3 is 10.2 Å². The molecule has 1 N–H and O–H groups in total. The lowest BCUT2D eigenvalue weighted by Crippen LogP contribution is -2.28. The van der Waals surface area contributed by atoms with Crippen molar-refractivity contribution >= 4 is 0 Å². The molecular formula is C8H16N2. The summed E-state index contributed by atoms with van der Waals surface area (Å²) < 4.78 is 0. The molecule has 0 saturated carbocycles. The van der Waals surface area contributed by atoms with Crippen molar-refractivity contribution in [2.45, 2.75) is 0 Å². The van der Waals surface area contributed by atoms with Crippen molar-refractivity contribution in [3.63, 3.8) is 0 Å². The highest BCUT2D eigenvalue weighted by atomic mass is 15.1. The van der Waals surface area contributed by atoms with Crippen molar-refractivity contribution in [1.29, 1.82) is 0 Å². The largest absolute Gasteiger partial charge is 0.318 e. The third-order valence-electron chi connectivity index (χ3n) is 1.27. The fraction of sp³-hybridized carbons (Fsp3) is 0.750. The molecule has 1 atom stereocenters. The van der Waals surface area contributed by atoms with Gasteiger partial charge in [-0.05, 0) is 21.1 Å². The highest BCUT2D eigenvalue weighted by Crippen LogP contribution is 1.92. The summed E-state index contributed by atoms with van der Waals surface area (Å²) in [5.41, 5.74) is 0. The zero-order chi connectivity index (χ0) is 7.98. The molecule has 0 bridgehead atoms. The van der Waals surface area contributed by atoms with E-state index in [0.29, 0.717) is 5.92 Å². The van der Waals surface area contributed by atoms with E-state index in [0.717, 1.165) is 13.1 Å². The van der Waals surface area contributed by atoms with Crippen LogP contribution in [0.25, 0.3) is 0 Å². The van der Waals surface area contributed by atoms with Crippen molar-refractivity contribution in [3.05, 3.63) is 0 Å². The second-order valence-electron chi connectivity index (χ2n) is 2.68. The van der Waals surface area contributed by atoms with Crippen LogP contribution < -0.4 is 5.32 Å². The molecule has 0 heterocycles. The van der Waals surface area contributed by atoms with Crippen LogP contribution in [0.5, 0.6) is 0 Å². The molecule has 0 saturated heterocycles. The Morgan fingerprint density at radius 1 is 1.60 bits per heavy atom. The number of hydrogen-bond donors (Lipinski definition) is 1. The van der Waals surface area contributed by atoms with E-state index in [4.69, 9.17) is 6.42 Å². The van der Waals surface area contributed by atoms with Crippen molar-refractivity contribution in [2.24, 2.45) is 5.92 Å². The van der Waals surface area contributed by atoms with Gasteiger partial charge in [0.1, 0.15) is 0 Å². The second-order valence-corrected chi connectivity index (χ2v) is 2.68. The molecule has 0 aliphatic carbocycles. The third kappa shape index (κ3) is 4.37. The third-order valence-corrected chi connectivity index (χ3v) is 1.27. The lowest BCUT2D eigenvalue weighted by molar-refractivity contribution is 0.360. The van der Waals surface area contributed by atoms with Crippen LogP contribution in [0.4, 0.5) is 0 Å². The lowest BCUT2D eigenvalue weighted by atomic mass is 10.1. The summed E-state index contributed by atoms with van der Waals surface area (Å²) >= 11 is 0. The number of nitrogens with zero attached hydrogens (tertiary/aromatic N) is 1. The van der Waals surface area contributed by atoms with E-state index >= 15 is 0 Å². The maximum Gasteiger partial charge on any atom is 0.0451 e. The van der Waals surface area contributed by atoms with Crippen molar-refractivity contribution < 1.29 is 0 Å². The normalized spacial score (nSPS) is 13.1. The Morgan fingerprint density at radius 2 is 2.20 bits per heavy atom. The molecule has 0 aromatic carbocycles. The zero-order valence-electron chi connectivity index (χ0n) is 7.02. The summed E-state index contributed by atoms with van der Waals surface area (Å²) in [6.07, 6.45) is 5.29. The van der Waals surface area contributed by atoms with Gasteiger partial charge >= 0.3 is 0 Å². The van der Waals surface area contributed by atoms with Crippen LogP contribution in [0.3, 0.4) is 0 Å². The van der Waals surface area contributed by atoms with Crippen molar-refractivity contribution in [3.8, 4) is 12.3 Å². The minimum absolute atomic E-state index is 0.333. The molecule has 0 aliphatic heterocycles. The second kappa shape index (κ2) is 5.28. The summed E-state index contributed by atoms with van der Waals surface area (Å²) in [5, 5.41) is 3.05. The molecule has 0 aromatic heterocycles. The van der Waals surface area contributed by atoms with Crippen LogP contribution in [0.2, 0.25) is 0 Å². The average molecular weight is 140 g/mol. The van der Waals surface area contributed by atoms with Gasteiger partial charge in [-0.15, -0.1) is 12.3 Å². The van der Waals surface area contributed by atoms with Crippen LogP contribution in [-0.4, -0.2) is 39.1 Å². The summed E-state index contributed by atoms with van der Waals surface area (Å²) in [7, 11) is 5.97. The highest BCUT2D eigenvalue weighted by molar-refractivity contribution is 4.94. The van der Waals surface area contributed by atoms with E-state index in [1.54, 1.807) is 0 Å². The molecule has 2 nitrogen and oxygen atoms in total. The van der Waals surface area contributed by atoms with Crippen LogP contribution in [-0.2, 0) is 0 Å². The van der Waals surface area contributed by atoms with Crippen molar-refractivity contribution in [2.75, 3.05) is 34.2 Å². The first kappa shape index (κ1) is 9.48. The first-order chi connectivity index (χ1) is 4.70. The van der Waals surface area contributed by atoms with Crippen LogP contribution in [0.1, 0.15) is 0 Å². The highest BCUT2D eigenvalue weighted by Gasteiger charge is 2.03. The molecule has 0 amide bonds. The Kier molecular flexibility index (Phi) is 5.00. The number of terminal acetylenes is 1. The maximum absolute atomic E-state index is 5.29. The minimum atomic E-state index is 0.333. The van der Waals surface area contributed by atoms with Gasteiger partial charge in [0.2, 0.25) is 0 Å². The number of hydrogen-bond acceptors (Lipinski definition) is 2. The molecule has 0 aromatic rings. The molecule has 0 aliphatic rings. The molecule has 10 heavy (non-hydrogen) atoms. The van der Waals surface area contributed by atoms with Gasteiger partial charge in [-0.2, -0.15) is 0 Å². The fourth-order valence-corrected chi connectivity index (χ4v) is 0.863. The van der Waals surface area contributed by atoms with E-state index in [1.807, 2.05) is 21.1 Å². The molecule has 0 fully saturated rings. The molecule has 2 heteroatoms. The van der Waals surface area contributed by atoms with Gasteiger partial charge in [0, 0.05) is 19.0 Å². The van der Waals surface area contributed by atoms with E-state index in [1.165, 1.54) is 0 Å². The summed E-state index contributed by atoms with van der Waals surface area (Å²) in [5.74, 6) is 3.06. The molecule has 0 radical (unpaired) electrons. The lowest BCUT2D eigenvalue weighted by Gasteiger charge is -2.14. The minimum Gasteiger partial charge on any atom is -0.318 e. The number of rotatable bonds is 4. The van der Waals surface area contributed by atoms with E-state index in [2.05, 4.69) is 16.1 Å². The average Bonchev–Trinajstić information content (AvgIpc) is 1.86. The Balaban J connectivity index is 3.52. The Labute approximate surface area is 63.6 Å². The topological polar surface area (TPSA) is 15.3 Å². The molecule has 1 unspecified atom stereocenters. The first-order valence-electron chi connectivity index (χ1n) is 3.46. The van der Waals surface area contributed by atoms with E-state index in [9.17, 15) is 0 Å². The van der Waals surface area contributed by atoms with Gasteiger partial charge in [0.05, 0.1) is 0 Å². The van der Waals surface area contributed by atoms with Gasteiger partial charge in [-0.1, -0.05) is 0 Å². The molecule has 0 spiro atoms. The predicted molar refractivity (Wildman–Crippen MR) is 44.8 cm³/mol. The molecule has 0 rings (SSSR count). The first-order valence-corrected chi connectivity index (χ1v) is 3.46. The molecule has 58 valence electrons. The van der Waals surface area contributed by atoms with Gasteiger partial charge in [0.25, 0.3) is 0 Å². The quantitative estimate of drug-likeness (QED) is 0.554. The molecular weight excluding hydrogens is 124 g/mol. The Hall–Kier alpha value is -0.520. The van der Waals surface area contributed by atoms with Gasteiger partial charge in [0.15, 0.2) is 0 Å².